The monoisotopic (exact) mass is 240 g/mol. The van der Waals surface area contributed by atoms with Crippen LogP contribution in [0.25, 0.3) is 0 Å². The molecule has 0 spiro atoms. The Balaban J connectivity index is 3.18. The van der Waals surface area contributed by atoms with E-state index in [-0.39, 0.29) is 5.30 Å². The van der Waals surface area contributed by atoms with E-state index >= 15 is 0 Å². The molecule has 0 amide bonds. The maximum absolute atomic E-state index is 9.31. The molecular formula is C12H17O3P. The molecule has 0 radical (unpaired) electrons. The van der Waals surface area contributed by atoms with Gasteiger partial charge in [-0.15, -0.1) is 0 Å². The second-order valence-electron chi connectivity index (χ2n) is 3.61. The van der Waals surface area contributed by atoms with Gasteiger partial charge in [-0.2, -0.15) is 0 Å². The number of rotatable bonds is 5. The number of allylic oxidation sites excluding steroid dienone is 2. The molecular weight excluding hydrogens is 223 g/mol. The van der Waals surface area contributed by atoms with E-state index in [1.807, 2.05) is 6.07 Å². The van der Waals surface area contributed by atoms with Gasteiger partial charge < -0.3 is 0 Å². The van der Waals surface area contributed by atoms with Crippen LogP contribution in [0.3, 0.4) is 0 Å². The molecule has 3 nitrogen and oxygen atoms in total. The van der Waals surface area contributed by atoms with Crippen molar-refractivity contribution in [2.45, 2.75) is 12.8 Å². The second-order valence-corrected chi connectivity index (χ2v) is 5.42. The summed E-state index contributed by atoms with van der Waals surface area (Å²) < 4.78 is 0. The molecule has 0 saturated heterocycles. The fourth-order valence-corrected chi connectivity index (χ4v) is 2.50. The first-order chi connectivity index (χ1) is 7.49. The van der Waals surface area contributed by atoms with Crippen LogP contribution < -0.4 is 5.30 Å². The summed E-state index contributed by atoms with van der Waals surface area (Å²) in [5, 5.41) is 0.222. The zero-order valence-corrected chi connectivity index (χ0v) is 10.1. The quantitative estimate of drug-likeness (QED) is 0.536. The molecule has 0 unspecified atom stereocenters. The fraction of sp³-hybridized carbons (Fsp3) is 0.167. The third-order valence-electron chi connectivity index (χ3n) is 2.28. The number of hydrogen-bond donors (Lipinski definition) is 3. The summed E-state index contributed by atoms with van der Waals surface area (Å²) in [6.07, 6.45) is 4.64. The van der Waals surface area contributed by atoms with Crippen LogP contribution in [0.5, 0.6) is 0 Å². The van der Waals surface area contributed by atoms with E-state index in [0.717, 1.165) is 5.56 Å². The molecule has 1 rings (SSSR count). The Labute approximate surface area is 96.0 Å². The van der Waals surface area contributed by atoms with Crippen LogP contribution in [-0.2, 0) is 12.8 Å². The normalized spacial score (nSPS) is 12.2. The Morgan fingerprint density at radius 1 is 1.06 bits per heavy atom. The molecule has 0 bridgehead atoms. The van der Waals surface area contributed by atoms with Gasteiger partial charge >= 0.3 is 95.4 Å². The van der Waals surface area contributed by atoms with Gasteiger partial charge in [0.25, 0.3) is 0 Å². The first kappa shape index (κ1) is 13.1. The van der Waals surface area contributed by atoms with Gasteiger partial charge in [0, 0.05) is 0 Å². The Morgan fingerprint density at radius 3 is 2.19 bits per heavy atom. The Hall–Kier alpha value is -0.990. The van der Waals surface area contributed by atoms with Crippen molar-refractivity contribution in [3.05, 3.63) is 54.6 Å². The van der Waals surface area contributed by atoms with Gasteiger partial charge in [-0.25, -0.2) is 0 Å². The zero-order valence-electron chi connectivity index (χ0n) is 9.06. The van der Waals surface area contributed by atoms with Gasteiger partial charge in [0.05, 0.1) is 0 Å². The van der Waals surface area contributed by atoms with Crippen molar-refractivity contribution in [1.29, 1.82) is 0 Å². The Bertz CT molecular complexity index is 394. The van der Waals surface area contributed by atoms with Crippen molar-refractivity contribution in [1.82, 2.24) is 0 Å². The topological polar surface area (TPSA) is 60.7 Å². The standard InChI is InChI=1S/C12H17O3P/c1-3-5-10-7-8-12(16(13,14)15)11(9-10)6-4-2/h3-4,7-9,13-16H,1-2,5-6H2. The third-order valence-corrected chi connectivity index (χ3v) is 3.49. The number of hydrogen-bond acceptors (Lipinski definition) is 3. The summed E-state index contributed by atoms with van der Waals surface area (Å²) in [5.74, 6) is 0. The van der Waals surface area contributed by atoms with Gasteiger partial charge in [0.15, 0.2) is 0 Å². The van der Waals surface area contributed by atoms with Crippen molar-refractivity contribution < 1.29 is 14.7 Å². The molecule has 0 aromatic heterocycles. The summed E-state index contributed by atoms with van der Waals surface area (Å²) in [7, 11) is -4.23. The molecule has 0 saturated carbocycles. The molecule has 0 aliphatic heterocycles. The molecule has 0 aliphatic rings. The SMILES string of the molecule is C=CCc1ccc([PH](O)(O)O)c(CC=C)c1. The van der Waals surface area contributed by atoms with E-state index in [2.05, 4.69) is 13.2 Å². The van der Waals surface area contributed by atoms with Crippen LogP contribution in [0, 0.1) is 0 Å². The van der Waals surface area contributed by atoms with Crippen LogP contribution >= 0.6 is 7.94 Å². The molecule has 0 heterocycles. The summed E-state index contributed by atoms with van der Waals surface area (Å²) in [5.41, 5.74) is 1.72. The van der Waals surface area contributed by atoms with Gasteiger partial charge in [0.2, 0.25) is 0 Å². The predicted molar refractivity (Wildman–Crippen MR) is 68.8 cm³/mol. The van der Waals surface area contributed by atoms with Gasteiger partial charge in [-0.05, 0) is 0 Å². The fourth-order valence-electron chi connectivity index (χ4n) is 1.59. The van der Waals surface area contributed by atoms with Crippen LogP contribution in [0.15, 0.2) is 43.5 Å². The summed E-state index contributed by atoms with van der Waals surface area (Å²) in [6, 6.07) is 5.15. The van der Waals surface area contributed by atoms with E-state index in [9.17, 15) is 14.7 Å². The van der Waals surface area contributed by atoms with Crippen LogP contribution in [0.1, 0.15) is 11.1 Å². The molecule has 1 aromatic rings. The molecule has 0 fully saturated rings. The summed E-state index contributed by atoms with van der Waals surface area (Å²) >= 11 is 0. The van der Waals surface area contributed by atoms with E-state index in [4.69, 9.17) is 0 Å². The minimum atomic E-state index is -4.23. The molecule has 1 aromatic carbocycles. The Morgan fingerprint density at radius 2 is 1.69 bits per heavy atom. The molecule has 16 heavy (non-hydrogen) atoms. The molecule has 0 aliphatic carbocycles. The summed E-state index contributed by atoms with van der Waals surface area (Å²) in [4.78, 5) is 27.9. The van der Waals surface area contributed by atoms with Gasteiger partial charge in [-0.3, -0.25) is 0 Å². The van der Waals surface area contributed by atoms with Crippen molar-refractivity contribution >= 4 is 13.2 Å². The van der Waals surface area contributed by atoms with E-state index < -0.39 is 7.94 Å². The van der Waals surface area contributed by atoms with Gasteiger partial charge in [-0.1, -0.05) is 0 Å². The molecule has 88 valence electrons. The second kappa shape index (κ2) is 5.37. The van der Waals surface area contributed by atoms with Crippen molar-refractivity contribution in [3.8, 4) is 0 Å². The maximum atomic E-state index is 9.31. The molecule has 0 atom stereocenters. The summed E-state index contributed by atoms with van der Waals surface area (Å²) in [6.45, 7) is 7.25. The minimum absolute atomic E-state index is 0.222. The van der Waals surface area contributed by atoms with Crippen molar-refractivity contribution in [3.63, 3.8) is 0 Å². The molecule has 4 heteroatoms. The van der Waals surface area contributed by atoms with Crippen LogP contribution in [-0.4, -0.2) is 14.7 Å². The van der Waals surface area contributed by atoms with E-state index in [0.29, 0.717) is 18.4 Å². The Kier molecular flexibility index (Phi) is 4.39. The van der Waals surface area contributed by atoms with Crippen LogP contribution in [0.4, 0.5) is 0 Å². The third kappa shape index (κ3) is 3.26. The van der Waals surface area contributed by atoms with E-state index in [1.165, 1.54) is 0 Å². The average Bonchev–Trinajstić information content (AvgIpc) is 2.17. The zero-order chi connectivity index (χ0) is 12.2. The van der Waals surface area contributed by atoms with Crippen molar-refractivity contribution in [2.75, 3.05) is 0 Å². The number of benzene rings is 1. The van der Waals surface area contributed by atoms with E-state index in [1.54, 1.807) is 24.3 Å². The first-order valence-corrected chi connectivity index (χ1v) is 6.84. The molecule has 3 N–H and O–H groups in total. The first-order valence-electron chi connectivity index (χ1n) is 5.00. The van der Waals surface area contributed by atoms with Crippen LogP contribution in [0.2, 0.25) is 0 Å². The van der Waals surface area contributed by atoms with Gasteiger partial charge in [0.1, 0.15) is 0 Å². The predicted octanol–water partition coefficient (Wildman–Crippen LogP) is 1.24. The average molecular weight is 240 g/mol. The van der Waals surface area contributed by atoms with Crippen molar-refractivity contribution in [2.24, 2.45) is 0 Å².